The van der Waals surface area contributed by atoms with Gasteiger partial charge in [0.15, 0.2) is 0 Å². The molecule has 0 atom stereocenters. The summed E-state index contributed by atoms with van der Waals surface area (Å²) in [7, 11) is 1.92. The third-order valence-electron chi connectivity index (χ3n) is 5.09. The Bertz CT molecular complexity index is 611. The molecule has 0 aromatic heterocycles. The number of hydrogen-bond donors (Lipinski definition) is 0. The van der Waals surface area contributed by atoms with E-state index in [1.54, 1.807) is 0 Å². The predicted octanol–water partition coefficient (Wildman–Crippen LogP) is 4.58. The fourth-order valence-corrected chi connectivity index (χ4v) is 3.57. The van der Waals surface area contributed by atoms with E-state index in [1.165, 1.54) is 19.3 Å². The first-order valence-corrected chi connectivity index (χ1v) is 9.23. The Morgan fingerprint density at radius 1 is 0.960 bits per heavy atom. The van der Waals surface area contributed by atoms with Crippen molar-refractivity contribution < 1.29 is 9.53 Å². The third-order valence-corrected chi connectivity index (χ3v) is 5.09. The van der Waals surface area contributed by atoms with E-state index >= 15 is 0 Å². The first-order chi connectivity index (χ1) is 12.3. The van der Waals surface area contributed by atoms with Crippen molar-refractivity contribution in [2.45, 2.75) is 44.2 Å². The number of ether oxygens (including phenoxy) is 1. The van der Waals surface area contributed by atoms with Crippen molar-refractivity contribution in [3.8, 4) is 0 Å². The second-order valence-corrected chi connectivity index (χ2v) is 6.81. The van der Waals surface area contributed by atoms with Crippen molar-refractivity contribution in [2.24, 2.45) is 0 Å². The summed E-state index contributed by atoms with van der Waals surface area (Å²) < 4.78 is 6.10. The van der Waals surface area contributed by atoms with E-state index in [0.29, 0.717) is 6.04 Å². The van der Waals surface area contributed by atoms with Crippen LogP contribution in [0.5, 0.6) is 0 Å². The van der Waals surface area contributed by atoms with Gasteiger partial charge in [0.05, 0.1) is 0 Å². The molecule has 3 heteroatoms. The highest BCUT2D eigenvalue weighted by molar-refractivity contribution is 5.77. The van der Waals surface area contributed by atoms with Gasteiger partial charge in [-0.25, -0.2) is 0 Å². The van der Waals surface area contributed by atoms with Crippen LogP contribution in [0, 0.1) is 0 Å². The molecule has 0 radical (unpaired) electrons. The van der Waals surface area contributed by atoms with Gasteiger partial charge in [-0.15, -0.1) is 0 Å². The van der Waals surface area contributed by atoms with Crippen LogP contribution in [0.25, 0.3) is 0 Å². The van der Waals surface area contributed by atoms with Crippen molar-refractivity contribution in [3.05, 3.63) is 71.8 Å². The maximum Gasteiger partial charge on any atom is 0.248 e. The van der Waals surface area contributed by atoms with E-state index in [0.717, 1.165) is 24.0 Å². The largest absolute Gasteiger partial charge is 0.359 e. The molecule has 0 N–H and O–H groups in total. The molecule has 1 fully saturated rings. The van der Waals surface area contributed by atoms with Crippen molar-refractivity contribution in [1.82, 2.24) is 4.90 Å². The zero-order valence-electron chi connectivity index (χ0n) is 14.9. The molecule has 2 aromatic rings. The molecule has 0 unspecified atom stereocenters. The minimum atomic E-state index is -0.217. The van der Waals surface area contributed by atoms with Crippen molar-refractivity contribution in [1.29, 1.82) is 0 Å². The van der Waals surface area contributed by atoms with E-state index < -0.39 is 0 Å². The summed E-state index contributed by atoms with van der Waals surface area (Å²) in [6, 6.07) is 20.6. The number of carbonyl (C=O) groups is 1. The van der Waals surface area contributed by atoms with Gasteiger partial charge < -0.3 is 9.64 Å². The lowest BCUT2D eigenvalue weighted by Crippen LogP contribution is -2.40. The molecule has 132 valence electrons. The molecule has 0 spiro atoms. The SMILES string of the molecule is CN(C(=O)COC(c1ccccc1)c1ccccc1)C1CCCCC1. The van der Waals surface area contributed by atoms with E-state index in [-0.39, 0.29) is 18.6 Å². The van der Waals surface area contributed by atoms with Gasteiger partial charge in [0.1, 0.15) is 12.7 Å². The normalized spacial score (nSPS) is 15.3. The molecular formula is C22H27NO2. The first-order valence-electron chi connectivity index (χ1n) is 9.23. The highest BCUT2D eigenvalue weighted by Gasteiger charge is 2.23. The number of hydrogen-bond acceptors (Lipinski definition) is 2. The van der Waals surface area contributed by atoms with Gasteiger partial charge in [-0.05, 0) is 24.0 Å². The van der Waals surface area contributed by atoms with Gasteiger partial charge in [-0.1, -0.05) is 79.9 Å². The lowest BCUT2D eigenvalue weighted by Gasteiger charge is -2.31. The summed E-state index contributed by atoms with van der Waals surface area (Å²) in [5, 5.41) is 0. The van der Waals surface area contributed by atoms with E-state index in [4.69, 9.17) is 4.74 Å². The van der Waals surface area contributed by atoms with Crippen LogP contribution >= 0.6 is 0 Å². The van der Waals surface area contributed by atoms with Crippen LogP contribution in [0.3, 0.4) is 0 Å². The molecule has 1 aliphatic rings. The van der Waals surface area contributed by atoms with Crippen molar-refractivity contribution >= 4 is 5.91 Å². The maximum absolute atomic E-state index is 12.6. The molecule has 0 aliphatic heterocycles. The molecule has 25 heavy (non-hydrogen) atoms. The van der Waals surface area contributed by atoms with Gasteiger partial charge >= 0.3 is 0 Å². The molecule has 2 aromatic carbocycles. The Hall–Kier alpha value is -2.13. The minimum absolute atomic E-state index is 0.0729. The fourth-order valence-electron chi connectivity index (χ4n) is 3.57. The molecule has 0 heterocycles. The Kier molecular flexibility index (Phi) is 6.24. The lowest BCUT2D eigenvalue weighted by molar-refractivity contribution is -0.138. The van der Waals surface area contributed by atoms with E-state index in [9.17, 15) is 4.79 Å². The fraction of sp³-hybridized carbons (Fsp3) is 0.409. The molecule has 0 bridgehead atoms. The highest BCUT2D eigenvalue weighted by atomic mass is 16.5. The predicted molar refractivity (Wildman–Crippen MR) is 100 cm³/mol. The van der Waals surface area contributed by atoms with Gasteiger partial charge in [0.25, 0.3) is 0 Å². The average molecular weight is 337 g/mol. The zero-order valence-corrected chi connectivity index (χ0v) is 14.9. The summed E-state index contributed by atoms with van der Waals surface area (Å²) in [4.78, 5) is 14.5. The van der Waals surface area contributed by atoms with Crippen LogP contribution in [0.4, 0.5) is 0 Å². The van der Waals surface area contributed by atoms with Crippen LogP contribution in [-0.4, -0.2) is 30.5 Å². The standard InChI is InChI=1S/C22H27NO2/c1-23(20-15-9-4-10-16-20)21(24)17-25-22(18-11-5-2-6-12-18)19-13-7-3-8-14-19/h2-3,5-8,11-14,20,22H,4,9-10,15-17H2,1H3. The smallest absolute Gasteiger partial charge is 0.248 e. The second kappa shape index (κ2) is 8.82. The Balaban J connectivity index is 1.67. The number of likely N-dealkylation sites (N-methyl/N-ethyl adjacent to an activating group) is 1. The van der Waals surface area contributed by atoms with Gasteiger partial charge in [0, 0.05) is 13.1 Å². The second-order valence-electron chi connectivity index (χ2n) is 6.81. The number of benzene rings is 2. The molecule has 3 rings (SSSR count). The van der Waals surface area contributed by atoms with Crippen molar-refractivity contribution in [3.63, 3.8) is 0 Å². The maximum atomic E-state index is 12.6. The monoisotopic (exact) mass is 337 g/mol. The topological polar surface area (TPSA) is 29.5 Å². The van der Waals surface area contributed by atoms with E-state index in [2.05, 4.69) is 0 Å². The molecular weight excluding hydrogens is 310 g/mol. The molecule has 0 saturated heterocycles. The number of rotatable bonds is 6. The molecule has 1 saturated carbocycles. The van der Waals surface area contributed by atoms with Crippen LogP contribution in [0.15, 0.2) is 60.7 Å². The zero-order chi connectivity index (χ0) is 17.5. The quantitative estimate of drug-likeness (QED) is 0.772. The Labute approximate surface area is 150 Å². The van der Waals surface area contributed by atoms with E-state index in [1.807, 2.05) is 72.6 Å². The molecule has 3 nitrogen and oxygen atoms in total. The van der Waals surface area contributed by atoms with Crippen LogP contribution in [-0.2, 0) is 9.53 Å². The Morgan fingerprint density at radius 3 is 2.00 bits per heavy atom. The summed E-state index contributed by atoms with van der Waals surface area (Å²) in [5.74, 6) is 0.0729. The van der Waals surface area contributed by atoms with Gasteiger partial charge in [0.2, 0.25) is 5.91 Å². The van der Waals surface area contributed by atoms with Gasteiger partial charge in [-0.3, -0.25) is 4.79 Å². The number of carbonyl (C=O) groups excluding carboxylic acids is 1. The van der Waals surface area contributed by atoms with Crippen molar-refractivity contribution in [2.75, 3.05) is 13.7 Å². The first kappa shape index (κ1) is 17.7. The summed E-state index contributed by atoms with van der Waals surface area (Å²) >= 11 is 0. The molecule has 1 amide bonds. The van der Waals surface area contributed by atoms with Crippen LogP contribution in [0.1, 0.15) is 49.3 Å². The summed E-state index contributed by atoms with van der Waals surface area (Å²) in [5.41, 5.74) is 2.14. The highest BCUT2D eigenvalue weighted by Crippen LogP contribution is 2.26. The average Bonchev–Trinajstić information content (AvgIpc) is 2.70. The molecule has 1 aliphatic carbocycles. The van der Waals surface area contributed by atoms with Crippen LogP contribution < -0.4 is 0 Å². The lowest BCUT2D eigenvalue weighted by atomic mass is 9.94. The number of amides is 1. The summed E-state index contributed by atoms with van der Waals surface area (Å²) in [6.45, 7) is 0.113. The van der Waals surface area contributed by atoms with Crippen LogP contribution in [0.2, 0.25) is 0 Å². The minimum Gasteiger partial charge on any atom is -0.359 e. The van der Waals surface area contributed by atoms with Gasteiger partial charge in [-0.2, -0.15) is 0 Å². The number of nitrogens with zero attached hydrogens (tertiary/aromatic N) is 1. The Morgan fingerprint density at radius 2 is 1.48 bits per heavy atom. The third kappa shape index (κ3) is 4.70. The summed E-state index contributed by atoms with van der Waals surface area (Å²) in [6.07, 6.45) is 5.75.